The number of benzene rings is 3. The zero-order valence-corrected chi connectivity index (χ0v) is 24.3. The number of rotatable bonds is 13. The van der Waals surface area contributed by atoms with E-state index in [9.17, 15) is 27.5 Å². The van der Waals surface area contributed by atoms with Gasteiger partial charge in [0, 0.05) is 31.5 Å². The molecule has 0 radical (unpaired) electrons. The van der Waals surface area contributed by atoms with E-state index in [0.717, 1.165) is 12.1 Å². The fraction of sp³-hybridized carbons (Fsp3) is 0.207. The van der Waals surface area contributed by atoms with Crippen molar-refractivity contribution < 1.29 is 41.7 Å². The first kappa shape index (κ1) is 31.2. The minimum atomic E-state index is -4.25. The molecule has 3 N–H and O–H groups in total. The normalized spacial score (nSPS) is 11.3. The third-order valence-corrected chi connectivity index (χ3v) is 7.70. The van der Waals surface area contributed by atoms with Gasteiger partial charge in [0.15, 0.2) is 5.69 Å². The molecule has 0 unspecified atom stereocenters. The van der Waals surface area contributed by atoms with Gasteiger partial charge in [0.2, 0.25) is 15.9 Å². The molecule has 43 heavy (non-hydrogen) atoms. The van der Waals surface area contributed by atoms with Crippen molar-refractivity contribution in [2.45, 2.75) is 18.2 Å². The molecule has 1 heterocycles. The zero-order chi connectivity index (χ0) is 31.1. The Labute approximate surface area is 247 Å². The molecule has 12 nitrogen and oxygen atoms in total. The number of carbonyl (C=O) groups is 2. The minimum Gasteiger partial charge on any atom is -0.497 e. The summed E-state index contributed by atoms with van der Waals surface area (Å²) in [5.41, 5.74) is 0.0650. The van der Waals surface area contributed by atoms with Crippen molar-refractivity contribution in [3.63, 3.8) is 0 Å². The van der Waals surface area contributed by atoms with Gasteiger partial charge in [-0.25, -0.2) is 22.3 Å². The van der Waals surface area contributed by atoms with E-state index in [4.69, 9.17) is 14.2 Å². The molecular formula is C29H29FN4O8S. The summed E-state index contributed by atoms with van der Waals surface area (Å²) in [6.45, 7) is 1.82. The lowest BCUT2D eigenvalue weighted by Gasteiger charge is -2.16. The van der Waals surface area contributed by atoms with Crippen molar-refractivity contribution in [3.05, 3.63) is 89.4 Å². The number of carboxylic acids is 1. The number of aromatic carboxylic acids is 1. The molecule has 4 aromatic rings. The van der Waals surface area contributed by atoms with Crippen LogP contribution < -0.4 is 19.5 Å². The Morgan fingerprint density at radius 1 is 1.05 bits per heavy atom. The summed E-state index contributed by atoms with van der Waals surface area (Å²) < 4.78 is 61.0. The number of nitrogens with one attached hydrogen (secondary N) is 2. The third-order valence-electron chi connectivity index (χ3n) is 6.22. The van der Waals surface area contributed by atoms with Gasteiger partial charge in [0.1, 0.15) is 22.2 Å². The van der Waals surface area contributed by atoms with Crippen molar-refractivity contribution >= 4 is 27.6 Å². The van der Waals surface area contributed by atoms with Crippen LogP contribution in [0.5, 0.6) is 17.4 Å². The molecule has 0 aliphatic rings. The number of aromatic nitrogens is 2. The monoisotopic (exact) mass is 612 g/mol. The van der Waals surface area contributed by atoms with Crippen LogP contribution in [0.15, 0.2) is 71.6 Å². The molecule has 226 valence electrons. The molecule has 14 heteroatoms. The summed E-state index contributed by atoms with van der Waals surface area (Å²) in [6, 6.07) is 15.7. The standard InChI is InChI=1S/C29H29FN4O8S/c1-18-26(29(36)37)33-34(20-10-12-21(41-3)13-11-20)28(18)42-24-14-9-19(32-27(35)22-7-4-5-8-23(22)30)17-25(24)43(38,39)31-15-6-16-40-2/h4-5,7-14,17,31H,6,15-16H2,1-3H3,(H,32,35)(H,36,37). The molecule has 0 spiro atoms. The number of methoxy groups -OCH3 is 2. The fourth-order valence-electron chi connectivity index (χ4n) is 4.03. The molecule has 3 aromatic carbocycles. The smallest absolute Gasteiger partial charge is 0.356 e. The predicted molar refractivity (Wildman–Crippen MR) is 154 cm³/mol. The van der Waals surface area contributed by atoms with Crippen LogP contribution in [0.3, 0.4) is 0 Å². The van der Waals surface area contributed by atoms with Gasteiger partial charge in [-0.05, 0) is 67.9 Å². The van der Waals surface area contributed by atoms with Crippen molar-refractivity contribution in [1.82, 2.24) is 14.5 Å². The molecule has 0 saturated heterocycles. The Morgan fingerprint density at radius 3 is 2.42 bits per heavy atom. The van der Waals surface area contributed by atoms with Crippen molar-refractivity contribution in [2.24, 2.45) is 0 Å². The minimum absolute atomic E-state index is 0.0351. The summed E-state index contributed by atoms with van der Waals surface area (Å²) >= 11 is 0. The Balaban J connectivity index is 1.78. The second-order valence-corrected chi connectivity index (χ2v) is 10.9. The number of anilines is 1. The second kappa shape index (κ2) is 13.5. The molecule has 4 rings (SSSR count). The summed E-state index contributed by atoms with van der Waals surface area (Å²) in [5.74, 6) is -2.53. The van der Waals surface area contributed by atoms with E-state index in [1.165, 1.54) is 56.2 Å². The van der Waals surface area contributed by atoms with E-state index in [1.54, 1.807) is 24.3 Å². The van der Waals surface area contributed by atoms with Gasteiger partial charge < -0.3 is 24.6 Å². The van der Waals surface area contributed by atoms with Crippen molar-refractivity contribution in [1.29, 1.82) is 0 Å². The highest BCUT2D eigenvalue weighted by Crippen LogP contribution is 2.35. The molecule has 0 fully saturated rings. The topological polar surface area (TPSA) is 158 Å². The number of hydrogen-bond acceptors (Lipinski definition) is 8. The second-order valence-electron chi connectivity index (χ2n) is 9.14. The number of carbonyl (C=O) groups excluding carboxylic acids is 1. The van der Waals surface area contributed by atoms with Gasteiger partial charge in [-0.1, -0.05) is 12.1 Å². The molecule has 0 aliphatic heterocycles. The lowest BCUT2D eigenvalue weighted by atomic mass is 10.2. The van der Waals surface area contributed by atoms with Gasteiger partial charge in [0.25, 0.3) is 5.91 Å². The maximum Gasteiger partial charge on any atom is 0.356 e. The summed E-state index contributed by atoms with van der Waals surface area (Å²) in [5, 5.41) is 16.4. The van der Waals surface area contributed by atoms with E-state index in [-0.39, 0.29) is 45.6 Å². The quantitative estimate of drug-likeness (QED) is 0.186. The number of hydrogen-bond donors (Lipinski definition) is 3. The molecule has 0 saturated carbocycles. The lowest BCUT2D eigenvalue weighted by molar-refractivity contribution is 0.0689. The molecule has 0 aliphatic carbocycles. The number of nitrogens with zero attached hydrogens (tertiary/aromatic N) is 2. The lowest BCUT2D eigenvalue weighted by Crippen LogP contribution is -2.26. The van der Waals surface area contributed by atoms with Gasteiger partial charge in [-0.15, -0.1) is 0 Å². The van der Waals surface area contributed by atoms with Crippen LogP contribution >= 0.6 is 0 Å². The first-order valence-electron chi connectivity index (χ1n) is 12.9. The van der Waals surface area contributed by atoms with Gasteiger partial charge in [-0.2, -0.15) is 9.78 Å². The van der Waals surface area contributed by atoms with Gasteiger partial charge in [-0.3, -0.25) is 4.79 Å². The Bertz CT molecular complexity index is 1740. The van der Waals surface area contributed by atoms with E-state index in [1.807, 2.05) is 0 Å². The number of carboxylic acid groups (broad SMARTS) is 1. The predicted octanol–water partition coefficient (Wildman–Crippen LogP) is 4.39. The van der Waals surface area contributed by atoms with E-state index in [0.29, 0.717) is 24.5 Å². The maximum atomic E-state index is 14.2. The summed E-state index contributed by atoms with van der Waals surface area (Å²) in [6.07, 6.45) is 0.376. The van der Waals surface area contributed by atoms with Gasteiger partial charge >= 0.3 is 5.97 Å². The average Bonchev–Trinajstić information content (AvgIpc) is 3.32. The van der Waals surface area contributed by atoms with Crippen LogP contribution in [0.4, 0.5) is 10.1 Å². The summed E-state index contributed by atoms with van der Waals surface area (Å²) in [7, 11) is -1.26. The van der Waals surface area contributed by atoms with Crippen LogP contribution in [0.2, 0.25) is 0 Å². The number of amides is 1. The molecular weight excluding hydrogens is 583 g/mol. The summed E-state index contributed by atoms with van der Waals surface area (Å²) in [4.78, 5) is 24.3. The highest BCUT2D eigenvalue weighted by molar-refractivity contribution is 7.89. The van der Waals surface area contributed by atoms with Crippen LogP contribution in [-0.4, -0.2) is 62.6 Å². The Morgan fingerprint density at radius 2 is 1.77 bits per heavy atom. The number of sulfonamides is 1. The van der Waals surface area contributed by atoms with E-state index >= 15 is 0 Å². The first-order valence-corrected chi connectivity index (χ1v) is 14.4. The van der Waals surface area contributed by atoms with Crippen LogP contribution in [0.1, 0.15) is 32.8 Å². The maximum absolute atomic E-state index is 14.2. The Kier molecular flexibility index (Phi) is 9.75. The Hall–Kier alpha value is -4.79. The van der Waals surface area contributed by atoms with Crippen LogP contribution in [0, 0.1) is 12.7 Å². The number of ether oxygens (including phenoxy) is 3. The van der Waals surface area contributed by atoms with Crippen LogP contribution in [-0.2, 0) is 14.8 Å². The van der Waals surface area contributed by atoms with E-state index in [2.05, 4.69) is 15.1 Å². The van der Waals surface area contributed by atoms with E-state index < -0.39 is 27.7 Å². The first-order chi connectivity index (χ1) is 20.6. The molecule has 1 aromatic heterocycles. The third kappa shape index (κ3) is 7.17. The highest BCUT2D eigenvalue weighted by atomic mass is 32.2. The van der Waals surface area contributed by atoms with Crippen LogP contribution in [0.25, 0.3) is 5.69 Å². The largest absolute Gasteiger partial charge is 0.497 e. The van der Waals surface area contributed by atoms with Crippen molar-refractivity contribution in [2.75, 3.05) is 32.7 Å². The SMILES string of the molecule is COCCCNS(=O)(=O)c1cc(NC(=O)c2ccccc2F)ccc1Oc1c(C)c(C(=O)O)nn1-c1ccc(OC)cc1. The molecule has 0 bridgehead atoms. The molecule has 0 atom stereocenters. The fourth-order valence-corrected chi connectivity index (χ4v) is 5.26. The zero-order valence-electron chi connectivity index (χ0n) is 23.5. The average molecular weight is 613 g/mol. The highest BCUT2D eigenvalue weighted by Gasteiger charge is 2.26. The van der Waals surface area contributed by atoms with Gasteiger partial charge in [0.05, 0.1) is 18.4 Å². The van der Waals surface area contributed by atoms with Crippen molar-refractivity contribution in [3.8, 4) is 23.1 Å². The number of halogens is 1. The molecule has 1 amide bonds.